The average molecular weight is 377 g/mol. The Kier molecular flexibility index (Phi) is 4.16. The largest absolute Gasteiger partial charge is 0.497 e. The van der Waals surface area contributed by atoms with E-state index < -0.39 is 17.5 Å². The normalized spacial score (nSPS) is 20.2. The minimum Gasteiger partial charge on any atom is -0.497 e. The van der Waals surface area contributed by atoms with Crippen LogP contribution in [0.25, 0.3) is 0 Å². The number of rotatable bonds is 3. The lowest BCUT2D eigenvalue weighted by molar-refractivity contribution is -0.122. The summed E-state index contributed by atoms with van der Waals surface area (Å²) in [5.74, 6) is 5.30. The van der Waals surface area contributed by atoms with Gasteiger partial charge < -0.3 is 15.0 Å². The summed E-state index contributed by atoms with van der Waals surface area (Å²) in [6.07, 6.45) is 4.34. The number of ether oxygens (including phenoxy) is 1. The Balaban J connectivity index is 1.65. The average Bonchev–Trinajstić information content (AvgIpc) is 3.16. The van der Waals surface area contributed by atoms with Crippen molar-refractivity contribution in [1.29, 1.82) is 0 Å². The molecule has 0 spiro atoms. The van der Waals surface area contributed by atoms with Gasteiger partial charge in [-0.25, -0.2) is 14.8 Å². The second kappa shape index (κ2) is 6.66. The maximum Gasteiger partial charge on any atom is 0.323 e. The van der Waals surface area contributed by atoms with Gasteiger partial charge in [-0.05, 0) is 17.7 Å². The summed E-state index contributed by atoms with van der Waals surface area (Å²) in [5.41, 5.74) is 0.240. The number of nitrogens with one attached hydrogen (secondary N) is 2. The third-order valence-corrected chi connectivity index (χ3v) is 4.55. The number of fused-ring (bicyclic) bond motifs is 1. The number of benzene rings is 1. The molecule has 28 heavy (non-hydrogen) atoms. The van der Waals surface area contributed by atoms with Crippen LogP contribution in [0.5, 0.6) is 5.75 Å². The summed E-state index contributed by atoms with van der Waals surface area (Å²) in [6.45, 7) is 0.209. The van der Waals surface area contributed by atoms with E-state index in [2.05, 4.69) is 32.4 Å². The first-order valence-corrected chi connectivity index (χ1v) is 8.39. The lowest BCUT2D eigenvalue weighted by atomic mass is 9.99. The first kappa shape index (κ1) is 17.5. The molecule has 9 heteroatoms. The molecule has 2 aliphatic rings. The summed E-state index contributed by atoms with van der Waals surface area (Å²) in [5, 5.41) is 4.74. The van der Waals surface area contributed by atoms with Crippen molar-refractivity contribution in [2.24, 2.45) is 0 Å². The Morgan fingerprint density at radius 1 is 1.25 bits per heavy atom. The van der Waals surface area contributed by atoms with Crippen LogP contribution >= 0.6 is 0 Å². The van der Waals surface area contributed by atoms with Crippen molar-refractivity contribution in [3.8, 4) is 17.6 Å². The van der Waals surface area contributed by atoms with Crippen molar-refractivity contribution < 1.29 is 19.1 Å². The quantitative estimate of drug-likeness (QED) is 0.578. The summed E-state index contributed by atoms with van der Waals surface area (Å²) in [4.78, 5) is 46.3. The van der Waals surface area contributed by atoms with E-state index in [1.54, 1.807) is 18.2 Å². The number of methoxy groups -OCH3 is 1. The molecule has 4 amide bonds. The zero-order chi connectivity index (χ0) is 19.7. The van der Waals surface area contributed by atoms with Crippen LogP contribution in [0.3, 0.4) is 0 Å². The van der Waals surface area contributed by atoms with Crippen LogP contribution in [-0.4, -0.2) is 51.9 Å². The van der Waals surface area contributed by atoms with E-state index in [-0.39, 0.29) is 12.5 Å². The van der Waals surface area contributed by atoms with Gasteiger partial charge in [-0.1, -0.05) is 17.9 Å². The van der Waals surface area contributed by atoms with Crippen molar-refractivity contribution >= 4 is 17.8 Å². The van der Waals surface area contributed by atoms with Crippen LogP contribution in [0.4, 0.5) is 4.79 Å². The molecule has 0 aliphatic carbocycles. The highest BCUT2D eigenvalue weighted by Crippen LogP contribution is 2.28. The Morgan fingerprint density at radius 2 is 2.04 bits per heavy atom. The Labute approximate surface area is 160 Å². The van der Waals surface area contributed by atoms with E-state index >= 15 is 0 Å². The molecule has 1 saturated heterocycles. The van der Waals surface area contributed by atoms with E-state index in [1.165, 1.54) is 30.7 Å². The molecule has 1 aromatic carbocycles. The second-order valence-corrected chi connectivity index (χ2v) is 6.38. The molecule has 9 nitrogen and oxygen atoms in total. The van der Waals surface area contributed by atoms with Crippen LogP contribution in [0.1, 0.15) is 21.5 Å². The topological polar surface area (TPSA) is 114 Å². The first-order chi connectivity index (χ1) is 13.5. The van der Waals surface area contributed by atoms with Gasteiger partial charge >= 0.3 is 6.03 Å². The highest BCUT2D eigenvalue weighted by Gasteiger charge is 2.48. The van der Waals surface area contributed by atoms with Crippen molar-refractivity contribution in [3.05, 3.63) is 53.6 Å². The fraction of sp³-hybridized carbons (Fsp3) is 0.211. The number of urea groups is 1. The number of imide groups is 1. The van der Waals surface area contributed by atoms with E-state index in [0.717, 1.165) is 5.56 Å². The highest BCUT2D eigenvalue weighted by atomic mass is 16.5. The van der Waals surface area contributed by atoms with Crippen molar-refractivity contribution in [3.63, 3.8) is 0 Å². The van der Waals surface area contributed by atoms with Gasteiger partial charge in [0.05, 0.1) is 19.2 Å². The van der Waals surface area contributed by atoms with Gasteiger partial charge in [0.15, 0.2) is 0 Å². The number of amides is 4. The second-order valence-electron chi connectivity index (χ2n) is 6.38. The molecule has 140 valence electrons. The van der Waals surface area contributed by atoms with Gasteiger partial charge in [0.25, 0.3) is 11.8 Å². The van der Waals surface area contributed by atoms with Crippen LogP contribution in [0.15, 0.2) is 36.9 Å². The number of carbonyl (C=O) groups is 3. The van der Waals surface area contributed by atoms with Gasteiger partial charge in [0, 0.05) is 24.5 Å². The van der Waals surface area contributed by atoms with E-state index in [4.69, 9.17) is 4.74 Å². The molecule has 2 aromatic rings. The maximum absolute atomic E-state index is 12.8. The number of hydrogen-bond donors (Lipinski definition) is 2. The molecule has 0 radical (unpaired) electrons. The molecule has 4 rings (SSSR count). The molecule has 2 N–H and O–H groups in total. The van der Waals surface area contributed by atoms with Crippen LogP contribution < -0.4 is 15.4 Å². The fourth-order valence-electron chi connectivity index (χ4n) is 3.15. The molecule has 2 aliphatic heterocycles. The Morgan fingerprint density at radius 3 is 2.71 bits per heavy atom. The minimum atomic E-state index is -1.56. The maximum atomic E-state index is 12.8. The van der Waals surface area contributed by atoms with Gasteiger partial charge in [0.1, 0.15) is 12.1 Å². The zero-order valence-corrected chi connectivity index (χ0v) is 14.9. The summed E-state index contributed by atoms with van der Waals surface area (Å²) >= 11 is 0. The van der Waals surface area contributed by atoms with Crippen LogP contribution in [-0.2, 0) is 11.3 Å². The third kappa shape index (κ3) is 3.01. The predicted octanol–water partition coefficient (Wildman–Crippen LogP) is 0.0709. The molecule has 3 heterocycles. The lowest BCUT2D eigenvalue weighted by Gasteiger charge is -2.26. The fourth-order valence-corrected chi connectivity index (χ4v) is 3.15. The SMILES string of the molecule is COc1ccc2c(c1)C(=O)N(C[C@]1(C#Cc3cncnc3)NC(=O)NC1=O)C2. The predicted molar refractivity (Wildman–Crippen MR) is 96.0 cm³/mol. The molecule has 0 saturated carbocycles. The molecule has 0 bridgehead atoms. The van der Waals surface area contributed by atoms with Gasteiger partial charge in [-0.15, -0.1) is 0 Å². The Bertz CT molecular complexity index is 1040. The lowest BCUT2D eigenvalue weighted by Crippen LogP contribution is -2.54. The monoisotopic (exact) mass is 377 g/mol. The summed E-state index contributed by atoms with van der Waals surface area (Å²) in [7, 11) is 1.52. The highest BCUT2D eigenvalue weighted by molar-refractivity contribution is 6.10. The summed E-state index contributed by atoms with van der Waals surface area (Å²) in [6, 6.07) is 4.57. The van der Waals surface area contributed by atoms with Gasteiger partial charge in [0.2, 0.25) is 5.54 Å². The summed E-state index contributed by atoms with van der Waals surface area (Å²) < 4.78 is 5.17. The number of hydrogen-bond acceptors (Lipinski definition) is 6. The van der Waals surface area contributed by atoms with E-state index in [0.29, 0.717) is 23.4 Å². The van der Waals surface area contributed by atoms with Gasteiger partial charge in [-0.3, -0.25) is 14.9 Å². The van der Waals surface area contributed by atoms with Gasteiger partial charge in [-0.2, -0.15) is 0 Å². The van der Waals surface area contributed by atoms with Crippen LogP contribution in [0, 0.1) is 11.8 Å². The molecule has 1 aromatic heterocycles. The van der Waals surface area contributed by atoms with Crippen molar-refractivity contribution in [2.75, 3.05) is 13.7 Å². The van der Waals surface area contributed by atoms with E-state index in [1.807, 2.05) is 0 Å². The van der Waals surface area contributed by atoms with E-state index in [9.17, 15) is 14.4 Å². The first-order valence-electron chi connectivity index (χ1n) is 8.39. The minimum absolute atomic E-state index is 0.0961. The van der Waals surface area contributed by atoms with Crippen molar-refractivity contribution in [1.82, 2.24) is 25.5 Å². The molecular formula is C19H15N5O4. The molecule has 1 fully saturated rings. The smallest absolute Gasteiger partial charge is 0.323 e. The molecule has 1 atom stereocenters. The zero-order valence-electron chi connectivity index (χ0n) is 14.9. The Hall–Kier alpha value is -3.93. The van der Waals surface area contributed by atoms with Crippen LogP contribution in [0.2, 0.25) is 0 Å². The third-order valence-electron chi connectivity index (χ3n) is 4.55. The van der Waals surface area contributed by atoms with Crippen molar-refractivity contribution in [2.45, 2.75) is 12.1 Å². The number of nitrogens with zero attached hydrogens (tertiary/aromatic N) is 3. The number of aromatic nitrogens is 2. The number of carbonyl (C=O) groups excluding carboxylic acids is 3. The molecule has 0 unspecified atom stereocenters. The standard InChI is InChI=1S/C19H15N5O4/c1-28-14-3-2-13-9-24(16(25)15(13)6-14)10-19(17(26)22-18(27)23-19)5-4-12-7-20-11-21-8-12/h2-3,6-8,11H,9-10H2,1H3,(H2,22,23,26,27)/t19-/m0/s1. The molecular weight excluding hydrogens is 362 g/mol.